The fourth-order valence-electron chi connectivity index (χ4n) is 2.70. The van der Waals surface area contributed by atoms with Crippen molar-refractivity contribution in [2.24, 2.45) is 0 Å². The van der Waals surface area contributed by atoms with Gasteiger partial charge in [0.2, 0.25) is 0 Å². The van der Waals surface area contributed by atoms with Crippen molar-refractivity contribution < 1.29 is 4.74 Å². The van der Waals surface area contributed by atoms with E-state index in [1.54, 1.807) is 18.4 Å². The number of methoxy groups -OCH3 is 1. The molecule has 0 spiro atoms. The molecule has 4 aromatic rings. The molecular weight excluding hydrogens is 334 g/mol. The van der Waals surface area contributed by atoms with Crippen molar-refractivity contribution in [1.82, 2.24) is 4.98 Å². The van der Waals surface area contributed by atoms with Crippen molar-refractivity contribution in [2.45, 2.75) is 13.3 Å². The number of fused-ring (bicyclic) bond motifs is 1. The van der Waals surface area contributed by atoms with E-state index in [1.807, 2.05) is 23.5 Å². The third-order valence-corrected chi connectivity index (χ3v) is 6.12. The lowest BCUT2D eigenvalue weighted by Crippen LogP contribution is -1.85. The highest BCUT2D eigenvalue weighted by atomic mass is 32.1. The van der Waals surface area contributed by atoms with Crippen molar-refractivity contribution >= 4 is 32.9 Å². The van der Waals surface area contributed by atoms with Crippen LogP contribution in [0, 0.1) is 6.92 Å². The molecule has 0 amide bonds. The first-order chi connectivity index (χ1) is 11.7. The van der Waals surface area contributed by atoms with Crippen molar-refractivity contribution in [3.8, 4) is 16.2 Å². The molecule has 2 heterocycles. The molecule has 0 unspecified atom stereocenters. The molecule has 24 heavy (non-hydrogen) atoms. The van der Waals surface area contributed by atoms with Crippen LogP contribution in [0.2, 0.25) is 0 Å². The normalized spacial score (nSPS) is 11.1. The van der Waals surface area contributed by atoms with Crippen LogP contribution in [0.15, 0.2) is 54.6 Å². The Hall–Kier alpha value is -2.17. The van der Waals surface area contributed by atoms with Gasteiger partial charge in [0, 0.05) is 16.2 Å². The highest BCUT2D eigenvalue weighted by molar-refractivity contribution is 7.19. The first-order valence-electron chi connectivity index (χ1n) is 7.81. The van der Waals surface area contributed by atoms with Crippen LogP contribution in [-0.2, 0) is 6.42 Å². The van der Waals surface area contributed by atoms with Crippen molar-refractivity contribution in [3.63, 3.8) is 0 Å². The molecule has 4 rings (SSSR count). The summed E-state index contributed by atoms with van der Waals surface area (Å²) in [6.45, 7) is 2.12. The number of hydrogen-bond acceptors (Lipinski definition) is 4. The quantitative estimate of drug-likeness (QED) is 0.454. The molecule has 0 aliphatic carbocycles. The minimum atomic E-state index is 0.849. The first-order valence-corrected chi connectivity index (χ1v) is 9.44. The molecule has 0 atom stereocenters. The van der Waals surface area contributed by atoms with Gasteiger partial charge in [-0.05, 0) is 36.8 Å². The van der Waals surface area contributed by atoms with Crippen molar-refractivity contribution in [3.05, 3.63) is 70.0 Å². The largest absolute Gasteiger partial charge is 0.494 e. The molecule has 2 nitrogen and oxygen atoms in total. The zero-order valence-corrected chi connectivity index (χ0v) is 15.2. The molecule has 0 aliphatic heterocycles. The van der Waals surface area contributed by atoms with Gasteiger partial charge in [-0.25, -0.2) is 4.98 Å². The summed E-state index contributed by atoms with van der Waals surface area (Å²) in [5.41, 5.74) is 3.54. The Labute approximate surface area is 149 Å². The Bertz CT molecular complexity index is 982. The molecule has 2 aromatic carbocycles. The zero-order valence-electron chi connectivity index (χ0n) is 13.6. The van der Waals surface area contributed by atoms with Gasteiger partial charge in [0.15, 0.2) is 0 Å². The molecule has 0 fully saturated rings. The fourth-order valence-corrected chi connectivity index (χ4v) is 4.82. The van der Waals surface area contributed by atoms with Crippen LogP contribution < -0.4 is 4.74 Å². The number of thiophene rings is 1. The third kappa shape index (κ3) is 2.95. The molecule has 4 heteroatoms. The molecule has 0 bridgehead atoms. The van der Waals surface area contributed by atoms with E-state index < -0.39 is 0 Å². The van der Waals surface area contributed by atoms with E-state index in [0.29, 0.717) is 0 Å². The predicted molar refractivity (Wildman–Crippen MR) is 103 cm³/mol. The first kappa shape index (κ1) is 15.4. The van der Waals surface area contributed by atoms with E-state index in [-0.39, 0.29) is 0 Å². The number of para-hydroxylation sites is 1. The minimum Gasteiger partial charge on any atom is -0.494 e. The summed E-state index contributed by atoms with van der Waals surface area (Å²) in [6.07, 6.45) is 0.874. The second-order valence-electron chi connectivity index (χ2n) is 5.72. The van der Waals surface area contributed by atoms with Gasteiger partial charge in [-0.2, -0.15) is 0 Å². The lowest BCUT2D eigenvalue weighted by atomic mass is 10.1. The minimum absolute atomic E-state index is 0.849. The summed E-state index contributed by atoms with van der Waals surface area (Å²) < 4.78 is 6.59. The van der Waals surface area contributed by atoms with Crippen LogP contribution in [0.1, 0.15) is 15.4 Å². The van der Waals surface area contributed by atoms with Crippen LogP contribution in [0.25, 0.3) is 20.7 Å². The van der Waals surface area contributed by atoms with Crippen LogP contribution in [0.4, 0.5) is 0 Å². The lowest BCUT2D eigenvalue weighted by Gasteiger charge is -1.98. The van der Waals surface area contributed by atoms with Crippen LogP contribution >= 0.6 is 22.7 Å². The van der Waals surface area contributed by atoms with Gasteiger partial charge >= 0.3 is 0 Å². The Balaban J connectivity index is 1.61. The highest BCUT2D eigenvalue weighted by Crippen LogP contribution is 2.33. The maximum atomic E-state index is 5.41. The lowest BCUT2D eigenvalue weighted by molar-refractivity contribution is 0.419. The molecule has 0 saturated heterocycles. The van der Waals surface area contributed by atoms with E-state index in [0.717, 1.165) is 22.7 Å². The summed E-state index contributed by atoms with van der Waals surface area (Å²) in [4.78, 5) is 7.42. The second-order valence-corrected chi connectivity index (χ2v) is 8.01. The molecule has 2 aromatic heterocycles. The number of thiazole rings is 1. The molecule has 0 N–H and O–H groups in total. The average Bonchev–Trinajstić information content (AvgIpc) is 3.22. The molecule has 0 saturated carbocycles. The number of ether oxygens (including phenoxy) is 1. The Kier molecular flexibility index (Phi) is 4.08. The Morgan fingerprint density at radius 2 is 1.79 bits per heavy atom. The van der Waals surface area contributed by atoms with E-state index in [1.165, 1.54) is 25.6 Å². The van der Waals surface area contributed by atoms with E-state index in [9.17, 15) is 0 Å². The average molecular weight is 351 g/mol. The Morgan fingerprint density at radius 3 is 2.58 bits per heavy atom. The van der Waals surface area contributed by atoms with E-state index in [2.05, 4.69) is 49.4 Å². The van der Waals surface area contributed by atoms with Gasteiger partial charge in [0.25, 0.3) is 0 Å². The van der Waals surface area contributed by atoms with E-state index in [4.69, 9.17) is 9.72 Å². The van der Waals surface area contributed by atoms with Crippen molar-refractivity contribution in [1.29, 1.82) is 0 Å². The molecule has 120 valence electrons. The molecular formula is C20H17NOS2. The van der Waals surface area contributed by atoms with Crippen LogP contribution in [0.3, 0.4) is 0 Å². The van der Waals surface area contributed by atoms with Gasteiger partial charge in [0.05, 0.1) is 16.8 Å². The van der Waals surface area contributed by atoms with Gasteiger partial charge in [-0.15, -0.1) is 22.7 Å². The van der Waals surface area contributed by atoms with Gasteiger partial charge in [-0.1, -0.05) is 35.9 Å². The standard InChI is InChI=1S/C20H17NOS2/c1-13-6-8-14(9-7-13)17-11-10-15(23-17)12-19-21-20-16(22-2)4-3-5-18(20)24-19/h3-11H,12H2,1-2H3. The summed E-state index contributed by atoms with van der Waals surface area (Å²) in [5, 5.41) is 1.13. The second kappa shape index (κ2) is 6.38. The summed E-state index contributed by atoms with van der Waals surface area (Å²) in [5.74, 6) is 0.849. The maximum Gasteiger partial charge on any atom is 0.145 e. The number of nitrogens with zero attached hydrogens (tertiary/aromatic N) is 1. The Morgan fingerprint density at radius 1 is 0.958 bits per heavy atom. The summed E-state index contributed by atoms with van der Waals surface area (Å²) in [7, 11) is 1.70. The van der Waals surface area contributed by atoms with Crippen molar-refractivity contribution in [2.75, 3.05) is 7.11 Å². The van der Waals surface area contributed by atoms with Gasteiger partial charge in [-0.3, -0.25) is 0 Å². The monoisotopic (exact) mass is 351 g/mol. The molecule has 0 radical (unpaired) electrons. The topological polar surface area (TPSA) is 22.1 Å². The summed E-state index contributed by atoms with van der Waals surface area (Å²) in [6, 6.07) is 19.2. The molecule has 0 aliphatic rings. The smallest absolute Gasteiger partial charge is 0.145 e. The van der Waals surface area contributed by atoms with Crippen LogP contribution in [-0.4, -0.2) is 12.1 Å². The predicted octanol–water partition coefficient (Wildman–Crippen LogP) is 5.93. The highest BCUT2D eigenvalue weighted by Gasteiger charge is 2.10. The number of rotatable bonds is 4. The van der Waals surface area contributed by atoms with Gasteiger partial charge in [0.1, 0.15) is 11.3 Å². The SMILES string of the molecule is COc1cccc2sc(Cc3ccc(-c4ccc(C)cc4)s3)nc12. The van der Waals surface area contributed by atoms with Crippen LogP contribution in [0.5, 0.6) is 5.75 Å². The number of aryl methyl sites for hydroxylation is 1. The van der Waals surface area contributed by atoms with E-state index >= 15 is 0 Å². The zero-order chi connectivity index (χ0) is 16.5. The summed E-state index contributed by atoms with van der Waals surface area (Å²) >= 11 is 3.59. The number of aromatic nitrogens is 1. The van der Waals surface area contributed by atoms with Gasteiger partial charge < -0.3 is 4.74 Å². The number of hydrogen-bond donors (Lipinski definition) is 0. The fraction of sp³-hybridized carbons (Fsp3) is 0.150. The number of benzene rings is 2. The third-order valence-electron chi connectivity index (χ3n) is 3.97. The maximum absolute atomic E-state index is 5.41.